The minimum absolute atomic E-state index is 0. The second-order valence-corrected chi connectivity index (χ2v) is 8.10. The highest BCUT2D eigenvalue weighted by Gasteiger charge is 2.27. The van der Waals surface area contributed by atoms with E-state index in [1.807, 2.05) is 32.0 Å². The average molecular weight is 543 g/mol. The molecular weight excluding hydrogens is 514 g/mol. The smallest absolute Gasteiger partial charge is 0.409 e. The normalized spacial score (nSPS) is 15.8. The van der Waals surface area contributed by atoms with Crippen LogP contribution in [0.2, 0.25) is 10.0 Å². The molecule has 0 bridgehead atoms. The van der Waals surface area contributed by atoms with E-state index in [1.54, 1.807) is 11.8 Å². The van der Waals surface area contributed by atoms with Crippen LogP contribution in [-0.4, -0.2) is 49.2 Å². The quantitative estimate of drug-likeness (QED) is 0.328. The van der Waals surface area contributed by atoms with E-state index in [1.165, 1.54) is 0 Å². The molecule has 1 aliphatic rings. The van der Waals surface area contributed by atoms with Gasteiger partial charge >= 0.3 is 6.09 Å². The summed E-state index contributed by atoms with van der Waals surface area (Å²) in [6.45, 7) is 8.01. The number of benzene rings is 1. The number of amides is 1. The zero-order valence-corrected chi connectivity index (χ0v) is 20.3. The maximum absolute atomic E-state index is 11.7. The van der Waals surface area contributed by atoms with Crippen LogP contribution in [0.1, 0.15) is 39.2 Å². The molecule has 1 fully saturated rings. The molecule has 0 unspecified atom stereocenters. The molecule has 1 saturated heterocycles. The van der Waals surface area contributed by atoms with E-state index in [9.17, 15) is 4.79 Å². The summed E-state index contributed by atoms with van der Waals surface area (Å²) in [5, 5.41) is 4.50. The summed E-state index contributed by atoms with van der Waals surface area (Å²) in [4.78, 5) is 18.0. The van der Waals surface area contributed by atoms with Gasteiger partial charge in [-0.2, -0.15) is 0 Å². The number of carbonyl (C=O) groups is 1. The van der Waals surface area contributed by atoms with Crippen LogP contribution >= 0.6 is 47.2 Å². The first-order valence-corrected chi connectivity index (χ1v) is 9.93. The van der Waals surface area contributed by atoms with E-state index in [-0.39, 0.29) is 41.5 Å². The Morgan fingerprint density at radius 3 is 2.43 bits per heavy atom. The van der Waals surface area contributed by atoms with Crippen molar-refractivity contribution < 1.29 is 9.53 Å². The maximum atomic E-state index is 11.7. The largest absolute Gasteiger partial charge is 0.450 e. The van der Waals surface area contributed by atoms with E-state index in [2.05, 4.69) is 10.3 Å². The highest BCUT2D eigenvalue weighted by molar-refractivity contribution is 14.0. The molecule has 158 valence electrons. The van der Waals surface area contributed by atoms with Crippen molar-refractivity contribution in [3.8, 4) is 0 Å². The summed E-state index contributed by atoms with van der Waals surface area (Å²) in [5.41, 5.74) is 6.59. The van der Waals surface area contributed by atoms with Crippen LogP contribution in [0.25, 0.3) is 0 Å². The van der Waals surface area contributed by atoms with Gasteiger partial charge in [0.1, 0.15) is 0 Å². The number of carbonyl (C=O) groups excluding carboxylic acids is 1. The first kappa shape index (κ1) is 25.1. The number of aliphatic imine (C=N–C) groups is 1. The van der Waals surface area contributed by atoms with Gasteiger partial charge in [-0.05, 0) is 37.5 Å². The van der Waals surface area contributed by atoms with Crippen LogP contribution < -0.4 is 11.1 Å². The van der Waals surface area contributed by atoms with Gasteiger partial charge in [-0.1, -0.05) is 43.1 Å². The van der Waals surface area contributed by atoms with Crippen molar-refractivity contribution in [2.75, 3.05) is 26.2 Å². The zero-order chi connectivity index (χ0) is 20.0. The third kappa shape index (κ3) is 6.84. The first-order chi connectivity index (χ1) is 12.7. The Kier molecular flexibility index (Phi) is 10.1. The summed E-state index contributed by atoms with van der Waals surface area (Å²) in [5.74, 6) is 0.390. The fourth-order valence-corrected chi connectivity index (χ4v) is 4.09. The molecule has 0 atom stereocenters. The predicted octanol–water partition coefficient (Wildman–Crippen LogP) is 4.41. The number of rotatable bonds is 5. The number of hydrogen-bond donors (Lipinski definition) is 2. The number of nitrogens with two attached hydrogens (primary N) is 1. The van der Waals surface area contributed by atoms with E-state index in [4.69, 9.17) is 33.7 Å². The van der Waals surface area contributed by atoms with Gasteiger partial charge in [-0.3, -0.25) is 4.99 Å². The third-order valence-corrected chi connectivity index (χ3v) is 5.29. The molecule has 0 aliphatic carbocycles. The van der Waals surface area contributed by atoms with Gasteiger partial charge in [0, 0.05) is 34.6 Å². The Labute approximate surface area is 194 Å². The fourth-order valence-electron chi connectivity index (χ4n) is 3.18. The molecule has 6 nitrogen and oxygen atoms in total. The number of nitrogens with one attached hydrogen (secondary N) is 1. The van der Waals surface area contributed by atoms with Crippen molar-refractivity contribution in [2.45, 2.75) is 45.1 Å². The third-order valence-electron chi connectivity index (χ3n) is 4.66. The molecule has 0 aromatic heterocycles. The molecule has 1 amide bonds. The Morgan fingerprint density at radius 1 is 1.32 bits per heavy atom. The van der Waals surface area contributed by atoms with Crippen molar-refractivity contribution >= 4 is 59.2 Å². The SMILES string of the molecule is CCOC(=O)N1CCC(NC(N)=NCC(C)(C)c2c(Cl)cccc2Cl)CC1.I. The van der Waals surface area contributed by atoms with Crippen LogP contribution in [0.4, 0.5) is 4.79 Å². The number of ether oxygens (including phenoxy) is 1. The molecule has 0 radical (unpaired) electrons. The lowest BCUT2D eigenvalue weighted by Gasteiger charge is -2.32. The lowest BCUT2D eigenvalue weighted by molar-refractivity contribution is 0.0963. The number of hydrogen-bond acceptors (Lipinski definition) is 3. The van der Waals surface area contributed by atoms with Crippen molar-refractivity contribution in [1.29, 1.82) is 0 Å². The monoisotopic (exact) mass is 542 g/mol. The zero-order valence-electron chi connectivity index (χ0n) is 16.5. The minimum Gasteiger partial charge on any atom is -0.450 e. The standard InChI is InChI=1S/C19H28Cl2N4O2.HI/c1-4-27-18(26)25-10-8-13(9-11-25)24-17(22)23-12-19(2,3)16-14(20)6-5-7-15(16)21;/h5-7,13H,4,8-12H2,1-3H3,(H3,22,23,24);1H. The maximum Gasteiger partial charge on any atom is 0.409 e. The van der Waals surface area contributed by atoms with Gasteiger partial charge in [-0.25, -0.2) is 4.79 Å². The Hall–Kier alpha value is -0.930. The molecule has 1 aromatic rings. The van der Waals surface area contributed by atoms with E-state index in [0.717, 1.165) is 18.4 Å². The second kappa shape index (κ2) is 11.3. The number of nitrogens with zero attached hydrogens (tertiary/aromatic N) is 2. The van der Waals surface area contributed by atoms with Crippen molar-refractivity contribution in [3.63, 3.8) is 0 Å². The van der Waals surface area contributed by atoms with E-state index < -0.39 is 0 Å². The number of halogens is 3. The highest BCUT2D eigenvalue weighted by Crippen LogP contribution is 2.35. The summed E-state index contributed by atoms with van der Waals surface area (Å²) in [6.07, 6.45) is 1.35. The number of piperidine rings is 1. The van der Waals surface area contributed by atoms with Gasteiger partial charge in [-0.15, -0.1) is 24.0 Å². The summed E-state index contributed by atoms with van der Waals surface area (Å²) in [6, 6.07) is 5.67. The van der Waals surface area contributed by atoms with E-state index in [0.29, 0.717) is 42.2 Å². The Bertz CT molecular complexity index is 672. The predicted molar refractivity (Wildman–Crippen MR) is 126 cm³/mol. The second-order valence-electron chi connectivity index (χ2n) is 7.29. The van der Waals surface area contributed by atoms with Gasteiger partial charge in [0.25, 0.3) is 0 Å². The molecule has 3 N–H and O–H groups in total. The molecule has 0 spiro atoms. The minimum atomic E-state index is -0.352. The fraction of sp³-hybridized carbons (Fsp3) is 0.579. The van der Waals surface area contributed by atoms with Gasteiger partial charge in [0.05, 0.1) is 13.2 Å². The van der Waals surface area contributed by atoms with Gasteiger partial charge in [0.15, 0.2) is 5.96 Å². The molecule has 28 heavy (non-hydrogen) atoms. The van der Waals surface area contributed by atoms with Crippen LogP contribution in [0.15, 0.2) is 23.2 Å². The van der Waals surface area contributed by atoms with Crippen LogP contribution in [-0.2, 0) is 10.2 Å². The lowest BCUT2D eigenvalue weighted by atomic mass is 9.84. The summed E-state index contributed by atoms with van der Waals surface area (Å²) in [7, 11) is 0. The molecular formula is C19H29Cl2IN4O2. The summed E-state index contributed by atoms with van der Waals surface area (Å²) >= 11 is 12.6. The number of likely N-dealkylation sites (tertiary alicyclic amines) is 1. The van der Waals surface area contributed by atoms with E-state index >= 15 is 0 Å². The van der Waals surface area contributed by atoms with Gasteiger partial charge in [0.2, 0.25) is 0 Å². The lowest BCUT2D eigenvalue weighted by Crippen LogP contribution is -2.48. The van der Waals surface area contributed by atoms with Gasteiger partial charge < -0.3 is 20.7 Å². The van der Waals surface area contributed by atoms with Crippen LogP contribution in [0.3, 0.4) is 0 Å². The molecule has 9 heteroatoms. The molecule has 0 saturated carbocycles. The molecule has 1 aromatic carbocycles. The van der Waals surface area contributed by atoms with Crippen LogP contribution in [0, 0.1) is 0 Å². The molecule has 2 rings (SSSR count). The highest BCUT2D eigenvalue weighted by atomic mass is 127. The Balaban J connectivity index is 0.00000392. The molecule has 1 aliphatic heterocycles. The topological polar surface area (TPSA) is 80.0 Å². The van der Waals surface area contributed by atoms with Crippen molar-refractivity contribution in [1.82, 2.24) is 10.2 Å². The average Bonchev–Trinajstić information content (AvgIpc) is 2.60. The van der Waals surface area contributed by atoms with Crippen LogP contribution in [0.5, 0.6) is 0 Å². The number of guanidine groups is 1. The molecule has 1 heterocycles. The van der Waals surface area contributed by atoms with Crippen molar-refractivity contribution in [3.05, 3.63) is 33.8 Å². The first-order valence-electron chi connectivity index (χ1n) is 9.17. The van der Waals surface area contributed by atoms with Crippen molar-refractivity contribution in [2.24, 2.45) is 10.7 Å². The Morgan fingerprint density at radius 2 is 1.89 bits per heavy atom. The summed E-state index contributed by atoms with van der Waals surface area (Å²) < 4.78 is 5.03.